The van der Waals surface area contributed by atoms with E-state index in [9.17, 15) is 14.8 Å². The Morgan fingerprint density at radius 1 is 1.19 bits per heavy atom. The van der Waals surface area contributed by atoms with Crippen LogP contribution in [0.3, 0.4) is 0 Å². The highest BCUT2D eigenvalue weighted by molar-refractivity contribution is 6.33. The van der Waals surface area contributed by atoms with Crippen LogP contribution in [0.2, 0.25) is 5.02 Å². The SMILES string of the molecule is O=C(COC(=O)c1cccc[n+]1[O-])Nc1ccccc1Cl. The lowest BCUT2D eigenvalue weighted by molar-refractivity contribution is -0.608. The average molecular weight is 307 g/mol. The molecule has 0 aliphatic carbocycles. The molecule has 1 aromatic heterocycles. The van der Waals surface area contributed by atoms with Crippen LogP contribution in [0.1, 0.15) is 10.5 Å². The second kappa shape index (κ2) is 6.71. The predicted molar refractivity (Wildman–Crippen MR) is 75.8 cm³/mol. The Balaban J connectivity index is 1.91. The maximum atomic E-state index is 11.7. The van der Waals surface area contributed by atoms with Gasteiger partial charge in [-0.2, -0.15) is 4.73 Å². The van der Waals surface area contributed by atoms with E-state index < -0.39 is 18.5 Å². The van der Waals surface area contributed by atoms with Crippen molar-refractivity contribution in [3.63, 3.8) is 0 Å². The van der Waals surface area contributed by atoms with Crippen molar-refractivity contribution in [3.8, 4) is 0 Å². The van der Waals surface area contributed by atoms with E-state index >= 15 is 0 Å². The molecule has 1 amide bonds. The van der Waals surface area contributed by atoms with Crippen molar-refractivity contribution in [2.24, 2.45) is 0 Å². The second-order valence-electron chi connectivity index (χ2n) is 4.02. The molecule has 0 saturated carbocycles. The molecule has 0 atom stereocenters. The summed E-state index contributed by atoms with van der Waals surface area (Å²) >= 11 is 5.88. The van der Waals surface area contributed by atoms with Crippen LogP contribution in [0.4, 0.5) is 5.69 Å². The minimum atomic E-state index is -0.875. The van der Waals surface area contributed by atoms with Crippen LogP contribution >= 0.6 is 11.6 Å². The fraction of sp³-hybridized carbons (Fsp3) is 0.0714. The molecule has 7 heteroatoms. The summed E-state index contributed by atoms with van der Waals surface area (Å²) in [4.78, 5) is 23.3. The van der Waals surface area contributed by atoms with E-state index in [1.54, 1.807) is 24.3 Å². The molecular formula is C14H11ClN2O4. The molecule has 21 heavy (non-hydrogen) atoms. The number of nitrogens with zero attached hydrogens (tertiary/aromatic N) is 1. The lowest BCUT2D eigenvalue weighted by Gasteiger charge is -2.07. The molecule has 0 fully saturated rings. The number of ether oxygens (including phenoxy) is 1. The van der Waals surface area contributed by atoms with Gasteiger partial charge in [0.05, 0.1) is 10.7 Å². The third kappa shape index (κ3) is 3.93. The molecule has 0 saturated heterocycles. The lowest BCUT2D eigenvalue weighted by atomic mass is 10.3. The first-order valence-electron chi connectivity index (χ1n) is 5.97. The van der Waals surface area contributed by atoms with Gasteiger partial charge in [-0.1, -0.05) is 23.7 Å². The fourth-order valence-corrected chi connectivity index (χ4v) is 1.72. The maximum Gasteiger partial charge on any atom is 0.405 e. The van der Waals surface area contributed by atoms with Crippen molar-refractivity contribution in [3.05, 3.63) is 64.6 Å². The monoisotopic (exact) mass is 306 g/mol. The molecule has 108 valence electrons. The van der Waals surface area contributed by atoms with Crippen molar-refractivity contribution in [2.45, 2.75) is 0 Å². The molecule has 6 nitrogen and oxygen atoms in total. The van der Waals surface area contributed by atoms with E-state index in [4.69, 9.17) is 16.3 Å². The van der Waals surface area contributed by atoms with Gasteiger partial charge in [-0.3, -0.25) is 4.79 Å². The number of halogens is 1. The summed E-state index contributed by atoms with van der Waals surface area (Å²) in [6.07, 6.45) is 1.17. The first kappa shape index (κ1) is 14.8. The number of amides is 1. The Morgan fingerprint density at radius 3 is 2.62 bits per heavy atom. The quantitative estimate of drug-likeness (QED) is 0.530. The summed E-state index contributed by atoms with van der Waals surface area (Å²) in [5.41, 5.74) is 0.224. The zero-order valence-corrected chi connectivity index (χ0v) is 11.5. The van der Waals surface area contributed by atoms with Gasteiger partial charge in [0.1, 0.15) is 0 Å². The molecule has 0 bridgehead atoms. The molecule has 0 aliphatic heterocycles. The summed E-state index contributed by atoms with van der Waals surface area (Å²) in [5.74, 6) is -1.43. The summed E-state index contributed by atoms with van der Waals surface area (Å²) in [6, 6.07) is 11.0. The summed E-state index contributed by atoms with van der Waals surface area (Å²) in [5, 5.41) is 14.2. The van der Waals surface area contributed by atoms with Gasteiger partial charge in [-0.25, -0.2) is 4.79 Å². The minimum absolute atomic E-state index is 0.192. The number of pyridine rings is 1. The molecule has 1 N–H and O–H groups in total. The molecule has 0 unspecified atom stereocenters. The summed E-state index contributed by atoms with van der Waals surface area (Å²) in [7, 11) is 0. The van der Waals surface area contributed by atoms with Gasteiger partial charge < -0.3 is 15.3 Å². The van der Waals surface area contributed by atoms with E-state index in [0.717, 1.165) is 0 Å². The summed E-state index contributed by atoms with van der Waals surface area (Å²) < 4.78 is 5.14. The number of anilines is 1. The number of para-hydroxylation sites is 1. The van der Waals surface area contributed by atoms with Crippen molar-refractivity contribution >= 4 is 29.2 Å². The van der Waals surface area contributed by atoms with Crippen molar-refractivity contribution in [1.82, 2.24) is 0 Å². The molecule has 0 spiro atoms. The van der Waals surface area contributed by atoms with Gasteiger partial charge in [0.25, 0.3) is 5.91 Å². The van der Waals surface area contributed by atoms with Crippen LogP contribution in [0.25, 0.3) is 0 Å². The van der Waals surface area contributed by atoms with E-state index in [2.05, 4.69) is 5.32 Å². The Morgan fingerprint density at radius 2 is 1.90 bits per heavy atom. The Kier molecular flexibility index (Phi) is 4.73. The maximum absolute atomic E-state index is 11.7. The van der Waals surface area contributed by atoms with Crippen LogP contribution < -0.4 is 10.0 Å². The summed E-state index contributed by atoms with van der Waals surface area (Å²) in [6.45, 7) is -0.515. The predicted octanol–water partition coefficient (Wildman–Crippen LogP) is 1.77. The molecule has 2 rings (SSSR count). The van der Waals surface area contributed by atoms with Gasteiger partial charge in [0.2, 0.25) is 0 Å². The van der Waals surface area contributed by atoms with Gasteiger partial charge >= 0.3 is 11.7 Å². The van der Waals surface area contributed by atoms with Gasteiger partial charge in [-0.05, 0) is 18.2 Å². The number of rotatable bonds is 4. The van der Waals surface area contributed by atoms with Crippen molar-refractivity contribution < 1.29 is 19.1 Å². The van der Waals surface area contributed by atoms with Crippen LogP contribution in [0, 0.1) is 5.21 Å². The van der Waals surface area contributed by atoms with Crippen LogP contribution in [0.15, 0.2) is 48.7 Å². The number of benzene rings is 1. The minimum Gasteiger partial charge on any atom is -0.618 e. The van der Waals surface area contributed by atoms with Crippen LogP contribution in [-0.4, -0.2) is 18.5 Å². The first-order valence-corrected chi connectivity index (χ1v) is 6.35. The van der Waals surface area contributed by atoms with E-state index in [1.807, 2.05) is 0 Å². The molecule has 1 aromatic carbocycles. The average Bonchev–Trinajstić information content (AvgIpc) is 2.48. The number of carbonyl (C=O) groups excluding carboxylic acids is 2. The first-order chi connectivity index (χ1) is 10.1. The molecule has 2 aromatic rings. The van der Waals surface area contributed by atoms with Crippen molar-refractivity contribution in [2.75, 3.05) is 11.9 Å². The van der Waals surface area contributed by atoms with Crippen molar-refractivity contribution in [1.29, 1.82) is 0 Å². The standard InChI is InChI=1S/C14H11ClN2O4/c15-10-5-1-2-6-11(10)16-13(18)9-21-14(19)12-7-3-4-8-17(12)20/h1-8H,9H2,(H,16,18). The fourth-order valence-electron chi connectivity index (χ4n) is 1.54. The van der Waals surface area contributed by atoms with Gasteiger partial charge in [-0.15, -0.1) is 0 Å². The highest BCUT2D eigenvalue weighted by atomic mass is 35.5. The third-order valence-corrected chi connectivity index (χ3v) is 2.85. The largest absolute Gasteiger partial charge is 0.618 e. The zero-order valence-electron chi connectivity index (χ0n) is 10.8. The van der Waals surface area contributed by atoms with Gasteiger partial charge in [0, 0.05) is 12.1 Å². The highest BCUT2D eigenvalue weighted by Crippen LogP contribution is 2.20. The van der Waals surface area contributed by atoms with E-state index in [0.29, 0.717) is 15.4 Å². The number of hydrogen-bond acceptors (Lipinski definition) is 4. The lowest BCUT2D eigenvalue weighted by Crippen LogP contribution is -2.35. The van der Waals surface area contributed by atoms with Gasteiger partial charge in [0.15, 0.2) is 12.8 Å². The number of hydrogen-bond donors (Lipinski definition) is 1. The topological polar surface area (TPSA) is 82.3 Å². The molecule has 0 radical (unpaired) electrons. The number of aromatic nitrogens is 1. The number of esters is 1. The van der Waals surface area contributed by atoms with Crippen LogP contribution in [-0.2, 0) is 9.53 Å². The Hall–Kier alpha value is -2.60. The number of nitrogens with one attached hydrogen (secondary N) is 1. The Bertz CT molecular complexity index is 676. The highest BCUT2D eigenvalue weighted by Gasteiger charge is 2.18. The zero-order chi connectivity index (χ0) is 15.2. The smallest absolute Gasteiger partial charge is 0.405 e. The Labute approximate surface area is 125 Å². The molecular weight excluding hydrogens is 296 g/mol. The third-order valence-electron chi connectivity index (χ3n) is 2.52. The van der Waals surface area contributed by atoms with E-state index in [-0.39, 0.29) is 5.69 Å². The normalized spacial score (nSPS) is 9.95. The second-order valence-corrected chi connectivity index (χ2v) is 4.42. The van der Waals surface area contributed by atoms with E-state index in [1.165, 1.54) is 24.4 Å². The van der Waals surface area contributed by atoms with Crippen LogP contribution in [0.5, 0.6) is 0 Å². The molecule has 1 heterocycles. The molecule has 0 aliphatic rings. The number of carbonyl (C=O) groups is 2.